The van der Waals surface area contributed by atoms with E-state index in [-0.39, 0.29) is 4.90 Å². The minimum absolute atomic E-state index is 0.171. The van der Waals surface area contributed by atoms with Gasteiger partial charge in [0.25, 0.3) is 10.0 Å². The van der Waals surface area contributed by atoms with E-state index in [0.29, 0.717) is 48.6 Å². The number of nitrogens with zero attached hydrogens (tertiary/aromatic N) is 3. The van der Waals surface area contributed by atoms with Gasteiger partial charge in [-0.25, -0.2) is 18.4 Å². The second kappa shape index (κ2) is 8.32. The van der Waals surface area contributed by atoms with Crippen LogP contribution in [-0.4, -0.2) is 51.3 Å². The zero-order valence-corrected chi connectivity index (χ0v) is 17.5. The zero-order chi connectivity index (χ0) is 20.3. The maximum absolute atomic E-state index is 12.9. The normalized spacial score (nSPS) is 14.8. The Bertz CT molecular complexity index is 933. The highest BCUT2D eigenvalue weighted by Gasteiger charge is 2.21. The summed E-state index contributed by atoms with van der Waals surface area (Å²) >= 11 is 0. The molecule has 1 aromatic carbocycles. The molecule has 0 unspecified atom stereocenters. The lowest BCUT2D eigenvalue weighted by Crippen LogP contribution is -2.37. The lowest BCUT2D eigenvalue weighted by Gasteiger charge is -2.27. The standard InChI is InChI=1S/C19H26N4O4S/c1-5-27-17-7-6-16(12-13(17)2)28(24,25)22-18-14(3)20-19(21-15(18)4)23-8-10-26-11-9-23/h6-7,12,22H,5,8-11H2,1-4H3. The molecule has 8 nitrogen and oxygen atoms in total. The number of rotatable bonds is 6. The molecule has 152 valence electrons. The molecule has 0 bridgehead atoms. The minimum atomic E-state index is -3.77. The Morgan fingerprint density at radius 3 is 2.36 bits per heavy atom. The molecule has 1 N–H and O–H groups in total. The van der Waals surface area contributed by atoms with Crippen molar-refractivity contribution in [3.63, 3.8) is 0 Å². The van der Waals surface area contributed by atoms with Crippen molar-refractivity contribution in [2.75, 3.05) is 42.5 Å². The second-order valence-corrected chi connectivity index (χ2v) is 8.32. The number of benzene rings is 1. The molecule has 0 radical (unpaired) electrons. The van der Waals surface area contributed by atoms with E-state index in [1.54, 1.807) is 26.0 Å². The second-order valence-electron chi connectivity index (χ2n) is 6.63. The van der Waals surface area contributed by atoms with Crippen LogP contribution in [-0.2, 0) is 14.8 Å². The highest BCUT2D eigenvalue weighted by Crippen LogP contribution is 2.26. The molecule has 2 aromatic rings. The van der Waals surface area contributed by atoms with Crippen molar-refractivity contribution in [1.29, 1.82) is 0 Å². The molecule has 1 aliphatic heterocycles. The number of morpholine rings is 1. The van der Waals surface area contributed by atoms with E-state index in [1.165, 1.54) is 6.07 Å². The molecule has 0 aliphatic carbocycles. The van der Waals surface area contributed by atoms with Gasteiger partial charge in [0.1, 0.15) is 5.75 Å². The van der Waals surface area contributed by atoms with E-state index in [1.807, 2.05) is 18.7 Å². The molecule has 9 heteroatoms. The lowest BCUT2D eigenvalue weighted by atomic mass is 10.2. The molecule has 0 spiro atoms. The van der Waals surface area contributed by atoms with Gasteiger partial charge in [-0.1, -0.05) is 0 Å². The van der Waals surface area contributed by atoms with Gasteiger partial charge < -0.3 is 14.4 Å². The van der Waals surface area contributed by atoms with E-state index in [4.69, 9.17) is 9.47 Å². The van der Waals surface area contributed by atoms with Gasteiger partial charge in [-0.05, 0) is 51.5 Å². The van der Waals surface area contributed by atoms with E-state index < -0.39 is 10.0 Å². The van der Waals surface area contributed by atoms with Crippen LogP contribution in [0.4, 0.5) is 11.6 Å². The van der Waals surface area contributed by atoms with Gasteiger partial charge in [-0.2, -0.15) is 0 Å². The Balaban J connectivity index is 1.86. The molecule has 0 saturated carbocycles. The third-order valence-electron chi connectivity index (χ3n) is 4.55. The Morgan fingerprint density at radius 1 is 1.14 bits per heavy atom. The lowest BCUT2D eigenvalue weighted by molar-refractivity contribution is 0.122. The molecule has 1 aromatic heterocycles. The zero-order valence-electron chi connectivity index (χ0n) is 16.7. The number of hydrogen-bond donors (Lipinski definition) is 1. The number of anilines is 2. The molecular formula is C19H26N4O4S. The summed E-state index contributed by atoms with van der Waals surface area (Å²) < 4.78 is 39.2. The van der Waals surface area contributed by atoms with Crippen molar-refractivity contribution < 1.29 is 17.9 Å². The number of nitrogens with one attached hydrogen (secondary N) is 1. The third kappa shape index (κ3) is 4.36. The van der Waals surface area contributed by atoms with Gasteiger partial charge in [-0.15, -0.1) is 0 Å². The van der Waals surface area contributed by atoms with Crippen LogP contribution >= 0.6 is 0 Å². The van der Waals surface area contributed by atoms with E-state index in [0.717, 1.165) is 18.7 Å². The van der Waals surface area contributed by atoms with Crippen LogP contribution in [0.25, 0.3) is 0 Å². The Morgan fingerprint density at radius 2 is 1.79 bits per heavy atom. The van der Waals surface area contributed by atoms with Gasteiger partial charge in [0, 0.05) is 13.1 Å². The summed E-state index contributed by atoms with van der Waals surface area (Å²) in [5.41, 5.74) is 2.33. The average molecular weight is 407 g/mol. The molecule has 1 fully saturated rings. The van der Waals surface area contributed by atoms with E-state index in [9.17, 15) is 8.42 Å². The van der Waals surface area contributed by atoms with Crippen LogP contribution < -0.4 is 14.4 Å². The first kappa shape index (κ1) is 20.3. The summed E-state index contributed by atoms with van der Waals surface area (Å²) in [5.74, 6) is 1.27. The van der Waals surface area contributed by atoms with Crippen LogP contribution in [0, 0.1) is 20.8 Å². The SMILES string of the molecule is CCOc1ccc(S(=O)(=O)Nc2c(C)nc(N3CCOCC3)nc2C)cc1C. The summed E-state index contributed by atoms with van der Waals surface area (Å²) in [5, 5.41) is 0. The highest BCUT2D eigenvalue weighted by atomic mass is 32.2. The van der Waals surface area contributed by atoms with E-state index >= 15 is 0 Å². The van der Waals surface area contributed by atoms with Crippen molar-refractivity contribution in [1.82, 2.24) is 9.97 Å². The Kier molecular flexibility index (Phi) is 6.04. The number of aromatic nitrogens is 2. The summed E-state index contributed by atoms with van der Waals surface area (Å²) in [4.78, 5) is 11.2. The fourth-order valence-corrected chi connectivity index (χ4v) is 4.31. The summed E-state index contributed by atoms with van der Waals surface area (Å²) in [6, 6.07) is 4.81. The quantitative estimate of drug-likeness (QED) is 0.787. The van der Waals surface area contributed by atoms with E-state index in [2.05, 4.69) is 14.7 Å². The first-order chi connectivity index (χ1) is 13.3. The summed E-state index contributed by atoms with van der Waals surface area (Å²) in [6.45, 7) is 10.5. The summed E-state index contributed by atoms with van der Waals surface area (Å²) in [7, 11) is -3.77. The van der Waals surface area contributed by atoms with Gasteiger partial charge in [-0.3, -0.25) is 4.72 Å². The molecule has 0 amide bonds. The topological polar surface area (TPSA) is 93.7 Å². The van der Waals surface area contributed by atoms with Crippen LogP contribution in [0.3, 0.4) is 0 Å². The largest absolute Gasteiger partial charge is 0.494 e. The molecule has 1 saturated heterocycles. The van der Waals surface area contributed by atoms with Crippen molar-refractivity contribution in [2.24, 2.45) is 0 Å². The van der Waals surface area contributed by atoms with Gasteiger partial charge in [0.2, 0.25) is 5.95 Å². The van der Waals surface area contributed by atoms with Crippen LogP contribution in [0.5, 0.6) is 5.75 Å². The van der Waals surface area contributed by atoms with Crippen molar-refractivity contribution >= 4 is 21.7 Å². The first-order valence-electron chi connectivity index (χ1n) is 9.26. The van der Waals surface area contributed by atoms with Gasteiger partial charge in [0.15, 0.2) is 0 Å². The van der Waals surface area contributed by atoms with Crippen LogP contribution in [0.15, 0.2) is 23.1 Å². The predicted molar refractivity (Wildman–Crippen MR) is 108 cm³/mol. The van der Waals surface area contributed by atoms with Gasteiger partial charge in [0.05, 0.1) is 41.8 Å². The predicted octanol–water partition coefficient (Wildman–Crippen LogP) is 2.44. The monoisotopic (exact) mass is 406 g/mol. The smallest absolute Gasteiger partial charge is 0.262 e. The van der Waals surface area contributed by atoms with Crippen molar-refractivity contribution in [2.45, 2.75) is 32.6 Å². The number of hydrogen-bond acceptors (Lipinski definition) is 7. The average Bonchev–Trinajstić information content (AvgIpc) is 2.67. The minimum Gasteiger partial charge on any atom is -0.494 e. The number of ether oxygens (including phenoxy) is 2. The molecular weight excluding hydrogens is 380 g/mol. The molecule has 0 atom stereocenters. The molecule has 2 heterocycles. The van der Waals surface area contributed by atoms with Crippen LogP contribution in [0.2, 0.25) is 0 Å². The van der Waals surface area contributed by atoms with Crippen molar-refractivity contribution in [3.05, 3.63) is 35.2 Å². The number of sulfonamides is 1. The van der Waals surface area contributed by atoms with Gasteiger partial charge >= 0.3 is 0 Å². The fourth-order valence-electron chi connectivity index (χ4n) is 3.05. The third-order valence-corrected chi connectivity index (χ3v) is 5.89. The van der Waals surface area contributed by atoms with Crippen LogP contribution in [0.1, 0.15) is 23.9 Å². The fraction of sp³-hybridized carbons (Fsp3) is 0.474. The molecule has 28 heavy (non-hydrogen) atoms. The van der Waals surface area contributed by atoms with Crippen molar-refractivity contribution in [3.8, 4) is 5.75 Å². The Labute approximate surface area is 166 Å². The maximum atomic E-state index is 12.9. The first-order valence-corrected chi connectivity index (χ1v) is 10.7. The highest BCUT2D eigenvalue weighted by molar-refractivity contribution is 7.92. The summed E-state index contributed by atoms with van der Waals surface area (Å²) in [6.07, 6.45) is 0. The maximum Gasteiger partial charge on any atom is 0.262 e. The molecule has 1 aliphatic rings. The number of aryl methyl sites for hydroxylation is 3. The Hall–Kier alpha value is -2.39. The molecule has 3 rings (SSSR count).